The lowest BCUT2D eigenvalue weighted by Crippen LogP contribution is -2.49. The van der Waals surface area contributed by atoms with Crippen LogP contribution in [-0.4, -0.2) is 38.9 Å². The zero-order valence-electron chi connectivity index (χ0n) is 21.2. The highest BCUT2D eigenvalue weighted by Gasteiger charge is 2.53. The molecule has 2 aliphatic heterocycles. The molecule has 6 nitrogen and oxygen atoms in total. The number of amides is 2. The Morgan fingerprint density at radius 3 is 2.46 bits per heavy atom. The predicted octanol–water partition coefficient (Wildman–Crippen LogP) is 5.21. The molecule has 4 heterocycles. The third kappa shape index (κ3) is 3.42. The summed E-state index contributed by atoms with van der Waals surface area (Å²) in [6.45, 7) is 1.26. The van der Waals surface area contributed by atoms with Gasteiger partial charge in [0, 0.05) is 41.8 Å². The van der Waals surface area contributed by atoms with Crippen molar-refractivity contribution in [2.75, 3.05) is 6.54 Å². The molecular weight excluding hydrogens is 460 g/mol. The van der Waals surface area contributed by atoms with Gasteiger partial charge >= 0.3 is 0 Å². The van der Waals surface area contributed by atoms with E-state index in [0.717, 1.165) is 72.5 Å². The maximum Gasteiger partial charge on any atom is 0.238 e. The number of nitrogens with zero attached hydrogens (tertiary/aromatic N) is 2. The number of aromatic nitrogens is 2. The first-order valence-electron chi connectivity index (χ1n) is 13.9. The van der Waals surface area contributed by atoms with Crippen LogP contribution in [0.25, 0.3) is 21.8 Å². The molecule has 1 unspecified atom stereocenters. The van der Waals surface area contributed by atoms with Gasteiger partial charge in [-0.1, -0.05) is 55.7 Å². The quantitative estimate of drug-likeness (QED) is 0.374. The number of rotatable bonds is 5. The van der Waals surface area contributed by atoms with E-state index in [0.29, 0.717) is 6.54 Å². The average molecular weight is 495 g/mol. The van der Waals surface area contributed by atoms with Crippen LogP contribution in [0.5, 0.6) is 0 Å². The molecule has 2 aromatic heterocycles. The van der Waals surface area contributed by atoms with Crippen LogP contribution in [0.1, 0.15) is 67.1 Å². The minimum Gasteiger partial charge on any atom is -0.361 e. The molecule has 2 amide bonds. The molecule has 190 valence electrons. The maximum atomic E-state index is 14.5. The number of likely N-dealkylation sites (tertiary alicyclic amines) is 1. The lowest BCUT2D eigenvalue weighted by molar-refractivity contribution is -0.143. The fourth-order valence-electron chi connectivity index (χ4n) is 7.56. The summed E-state index contributed by atoms with van der Waals surface area (Å²) in [4.78, 5) is 33.8. The Hall–Kier alpha value is -3.38. The molecule has 4 aromatic rings. The van der Waals surface area contributed by atoms with Crippen LogP contribution in [0.3, 0.4) is 0 Å². The van der Waals surface area contributed by atoms with Crippen LogP contribution in [0.15, 0.2) is 54.9 Å². The van der Waals surface area contributed by atoms with E-state index < -0.39 is 11.8 Å². The number of nitrogens with one attached hydrogen (secondary N) is 1. The van der Waals surface area contributed by atoms with E-state index in [1.54, 1.807) is 4.90 Å². The second kappa shape index (κ2) is 8.88. The third-order valence-corrected chi connectivity index (χ3v) is 9.26. The molecule has 2 aromatic carbocycles. The van der Waals surface area contributed by atoms with Gasteiger partial charge in [0.2, 0.25) is 11.8 Å². The molecule has 3 N–H and O–H groups in total. The first-order chi connectivity index (χ1) is 18.2. The van der Waals surface area contributed by atoms with Crippen molar-refractivity contribution in [2.45, 2.75) is 69.4 Å². The number of imide groups is 1. The fraction of sp³-hybridized carbons (Fsp3) is 0.419. The van der Waals surface area contributed by atoms with Gasteiger partial charge in [-0.3, -0.25) is 14.5 Å². The second-order valence-corrected chi connectivity index (χ2v) is 11.2. The molecule has 1 saturated heterocycles. The lowest BCUT2D eigenvalue weighted by Gasteiger charge is -2.35. The van der Waals surface area contributed by atoms with Gasteiger partial charge in [0.25, 0.3) is 0 Å². The molecule has 1 saturated carbocycles. The van der Waals surface area contributed by atoms with Gasteiger partial charge in [-0.15, -0.1) is 0 Å². The van der Waals surface area contributed by atoms with Crippen LogP contribution in [0.4, 0.5) is 0 Å². The monoisotopic (exact) mass is 494 g/mol. The van der Waals surface area contributed by atoms with Crippen LogP contribution < -0.4 is 5.73 Å². The Kier molecular flexibility index (Phi) is 5.47. The molecule has 0 radical (unpaired) electrons. The normalized spacial score (nSPS) is 23.4. The summed E-state index contributed by atoms with van der Waals surface area (Å²) in [6.07, 6.45) is 11.8. The van der Waals surface area contributed by atoms with E-state index in [-0.39, 0.29) is 23.8 Å². The summed E-state index contributed by atoms with van der Waals surface area (Å²) in [5.74, 6) is -1.01. The van der Waals surface area contributed by atoms with Crippen LogP contribution >= 0.6 is 0 Å². The van der Waals surface area contributed by atoms with Crippen molar-refractivity contribution in [1.29, 1.82) is 0 Å². The van der Waals surface area contributed by atoms with E-state index in [4.69, 9.17) is 5.73 Å². The van der Waals surface area contributed by atoms with Crippen LogP contribution in [0.2, 0.25) is 0 Å². The summed E-state index contributed by atoms with van der Waals surface area (Å²) in [5.41, 5.74) is 11.8. The van der Waals surface area contributed by atoms with Gasteiger partial charge in [0.15, 0.2) is 0 Å². The fourth-order valence-corrected chi connectivity index (χ4v) is 7.56. The Labute approximate surface area is 216 Å². The Bertz CT molecular complexity index is 1510. The molecule has 3 aliphatic rings. The minimum absolute atomic E-state index is 0.0787. The number of aryl methyl sites for hydroxylation is 2. The third-order valence-electron chi connectivity index (χ3n) is 9.26. The number of benzene rings is 2. The number of nitrogens with two attached hydrogens (primary N) is 1. The summed E-state index contributed by atoms with van der Waals surface area (Å²) in [6, 6.07) is 14.3. The number of carbonyl (C=O) groups excluding carboxylic acids is 2. The van der Waals surface area contributed by atoms with Gasteiger partial charge in [0.05, 0.1) is 23.4 Å². The molecule has 3 atom stereocenters. The van der Waals surface area contributed by atoms with Gasteiger partial charge in [0.1, 0.15) is 0 Å². The topological polar surface area (TPSA) is 84.1 Å². The zero-order valence-corrected chi connectivity index (χ0v) is 21.2. The zero-order chi connectivity index (χ0) is 25.1. The van der Waals surface area contributed by atoms with Crippen molar-refractivity contribution in [1.82, 2.24) is 14.5 Å². The highest BCUT2D eigenvalue weighted by atomic mass is 16.2. The predicted molar refractivity (Wildman–Crippen MR) is 145 cm³/mol. The van der Waals surface area contributed by atoms with Crippen LogP contribution in [0, 0.1) is 5.92 Å². The summed E-state index contributed by atoms with van der Waals surface area (Å²) < 4.78 is 2.30. The van der Waals surface area contributed by atoms with Crippen molar-refractivity contribution < 1.29 is 9.59 Å². The molecular formula is C31H34N4O2. The highest BCUT2D eigenvalue weighted by molar-refractivity contribution is 6.13. The Balaban J connectivity index is 1.41. The Morgan fingerprint density at radius 2 is 1.65 bits per heavy atom. The number of carbonyl (C=O) groups is 2. The smallest absolute Gasteiger partial charge is 0.238 e. The standard InChI is InChI=1S/C31H34N4O2/c32-16-26(19-8-2-1-3-9-19)35-30(36)27(23-17-33-25-14-5-4-12-21(23)25)28(31(35)37)24-18-34-15-7-11-20-10-6-13-22(24)29(20)34/h4-6,10,12-14,17-19,26-28,33H,1-3,7-9,11,15-16,32H2/t26?,27-,28-/m1/s1. The second-order valence-electron chi connectivity index (χ2n) is 11.2. The van der Waals surface area contributed by atoms with Gasteiger partial charge in [-0.2, -0.15) is 0 Å². The van der Waals surface area contributed by atoms with Gasteiger partial charge in [-0.05, 0) is 54.4 Å². The number of aromatic amines is 1. The number of hydrogen-bond donors (Lipinski definition) is 2. The average Bonchev–Trinajstić information content (AvgIpc) is 3.59. The number of fused-ring (bicyclic) bond motifs is 1. The van der Waals surface area contributed by atoms with Gasteiger partial charge in [-0.25, -0.2) is 0 Å². The van der Waals surface area contributed by atoms with Crippen molar-refractivity contribution in [2.24, 2.45) is 11.7 Å². The molecule has 2 fully saturated rings. The van der Waals surface area contributed by atoms with Crippen molar-refractivity contribution in [3.8, 4) is 0 Å². The number of hydrogen-bond acceptors (Lipinski definition) is 3. The Morgan fingerprint density at radius 1 is 0.892 bits per heavy atom. The highest BCUT2D eigenvalue weighted by Crippen LogP contribution is 2.48. The summed E-state index contributed by atoms with van der Waals surface area (Å²) in [7, 11) is 0. The van der Waals surface area contributed by atoms with E-state index in [2.05, 4.69) is 40.0 Å². The SMILES string of the molecule is NCC(C1CCCCC1)N1C(=O)[C@H](c2c[nH]c3ccccc23)[C@@H](c2cn3c4c(cccc24)CCC3)C1=O. The molecule has 37 heavy (non-hydrogen) atoms. The molecule has 1 aliphatic carbocycles. The number of H-pyrrole nitrogens is 1. The summed E-state index contributed by atoms with van der Waals surface area (Å²) >= 11 is 0. The lowest BCUT2D eigenvalue weighted by atomic mass is 9.83. The maximum absolute atomic E-state index is 14.5. The molecule has 0 bridgehead atoms. The summed E-state index contributed by atoms with van der Waals surface area (Å²) in [5, 5.41) is 2.12. The van der Waals surface area contributed by atoms with E-state index in [1.165, 1.54) is 17.5 Å². The minimum atomic E-state index is -0.565. The first-order valence-corrected chi connectivity index (χ1v) is 13.9. The molecule has 7 rings (SSSR count). The van der Waals surface area contributed by atoms with E-state index in [1.807, 2.05) is 24.4 Å². The van der Waals surface area contributed by atoms with E-state index >= 15 is 0 Å². The van der Waals surface area contributed by atoms with Crippen LogP contribution in [-0.2, 0) is 22.6 Å². The number of para-hydroxylation sites is 2. The molecule has 0 spiro atoms. The van der Waals surface area contributed by atoms with Crippen molar-refractivity contribution in [3.63, 3.8) is 0 Å². The van der Waals surface area contributed by atoms with Crippen molar-refractivity contribution in [3.05, 3.63) is 71.5 Å². The first kappa shape index (κ1) is 22.8. The van der Waals surface area contributed by atoms with Crippen molar-refractivity contribution >= 4 is 33.6 Å². The largest absolute Gasteiger partial charge is 0.361 e. The van der Waals surface area contributed by atoms with E-state index in [9.17, 15) is 9.59 Å². The molecule has 6 heteroatoms. The van der Waals surface area contributed by atoms with Gasteiger partial charge < -0.3 is 15.3 Å².